The first-order valence-electron chi connectivity index (χ1n) is 13.6. The number of anilines is 2. The van der Waals surface area contributed by atoms with E-state index in [1.54, 1.807) is 6.07 Å². The van der Waals surface area contributed by atoms with Crippen LogP contribution in [0.4, 0.5) is 37.8 Å². The molecule has 0 amide bonds. The van der Waals surface area contributed by atoms with Gasteiger partial charge < -0.3 is 15.3 Å². The van der Waals surface area contributed by atoms with Gasteiger partial charge in [0.2, 0.25) is 0 Å². The number of aliphatic hydroxyl groups is 1. The number of nitrogens with zero attached hydrogens (tertiary/aromatic N) is 4. The van der Waals surface area contributed by atoms with Crippen LogP contribution in [-0.2, 0) is 18.8 Å². The number of rotatable bonds is 8. The van der Waals surface area contributed by atoms with Gasteiger partial charge in [0.1, 0.15) is 11.6 Å². The van der Waals surface area contributed by atoms with Crippen LogP contribution in [0.25, 0.3) is 22.2 Å². The van der Waals surface area contributed by atoms with E-state index in [9.17, 15) is 31.4 Å². The Morgan fingerprint density at radius 3 is 2.31 bits per heavy atom. The molecule has 0 spiro atoms. The summed E-state index contributed by atoms with van der Waals surface area (Å²) >= 11 is 0. The maximum Gasteiger partial charge on any atom is 0.418 e. The lowest BCUT2D eigenvalue weighted by atomic mass is 9.94. The molecule has 0 atom stereocenters. The van der Waals surface area contributed by atoms with Crippen LogP contribution in [0, 0.1) is 5.92 Å². The number of hydrogen-bond acceptors (Lipinski definition) is 6. The van der Waals surface area contributed by atoms with Gasteiger partial charge in [-0.25, -0.2) is 9.97 Å². The number of piperidine rings is 1. The third-order valence-electron chi connectivity index (χ3n) is 7.50. The summed E-state index contributed by atoms with van der Waals surface area (Å²) in [6, 6.07) is 11.3. The number of pyridine rings is 1. The Kier molecular flexibility index (Phi) is 8.65. The fourth-order valence-corrected chi connectivity index (χ4v) is 5.21. The molecule has 3 heterocycles. The van der Waals surface area contributed by atoms with E-state index in [1.807, 2.05) is 0 Å². The number of hydrogen-bond donors (Lipinski definition) is 2. The summed E-state index contributed by atoms with van der Waals surface area (Å²) in [7, 11) is 0. The third-order valence-corrected chi connectivity index (χ3v) is 7.50. The Bertz CT molecular complexity index is 1520. The second kappa shape index (κ2) is 12.2. The Labute approximate surface area is 238 Å². The molecule has 5 rings (SSSR count). The van der Waals surface area contributed by atoms with Gasteiger partial charge in [-0.05, 0) is 86.8 Å². The number of halogens is 6. The van der Waals surface area contributed by atoms with E-state index < -0.39 is 23.5 Å². The molecule has 4 aromatic rings. The van der Waals surface area contributed by atoms with Crippen LogP contribution in [-0.4, -0.2) is 51.2 Å². The molecule has 0 radical (unpaired) electrons. The molecule has 0 saturated carbocycles. The topological polar surface area (TPSA) is 74.2 Å². The second-order valence-corrected chi connectivity index (χ2v) is 10.4. The van der Waals surface area contributed by atoms with Gasteiger partial charge in [0.05, 0.1) is 22.3 Å². The van der Waals surface area contributed by atoms with E-state index >= 15 is 0 Å². The predicted molar refractivity (Wildman–Crippen MR) is 147 cm³/mol. The van der Waals surface area contributed by atoms with Crippen molar-refractivity contribution in [1.29, 1.82) is 0 Å². The lowest BCUT2D eigenvalue weighted by Crippen LogP contribution is -2.35. The molecular formula is C30H29F6N5O. The van der Waals surface area contributed by atoms with Crippen LogP contribution in [0.5, 0.6) is 0 Å². The van der Waals surface area contributed by atoms with Gasteiger partial charge in [0, 0.05) is 42.4 Å². The van der Waals surface area contributed by atoms with Crippen LogP contribution in [0.1, 0.15) is 36.2 Å². The van der Waals surface area contributed by atoms with Crippen LogP contribution < -0.4 is 5.32 Å². The van der Waals surface area contributed by atoms with Crippen LogP contribution in [0.2, 0.25) is 0 Å². The number of benzene rings is 2. The van der Waals surface area contributed by atoms with Crippen LogP contribution in [0.3, 0.4) is 0 Å². The minimum absolute atomic E-state index is 0.176. The van der Waals surface area contributed by atoms with E-state index in [1.165, 1.54) is 36.5 Å². The summed E-state index contributed by atoms with van der Waals surface area (Å²) in [5.41, 5.74) is -0.905. The van der Waals surface area contributed by atoms with Crippen molar-refractivity contribution in [1.82, 2.24) is 19.9 Å². The van der Waals surface area contributed by atoms with E-state index in [0.717, 1.165) is 50.6 Å². The Hall–Kier alpha value is -3.77. The molecule has 6 nitrogen and oxygen atoms in total. The van der Waals surface area contributed by atoms with E-state index in [0.29, 0.717) is 47.1 Å². The standard InChI is InChI=1S/C30H29F6N5O/c31-29(32,33)21-4-6-22(7-5-21)38-28-23-8-3-20(27-24(30(34,35)36)2-1-13-37-27)18-25(23)39-26(40-28)11-16-41-14-9-19(10-15-41)12-17-42/h1-8,13,18-19,42H,9-12,14-17H2,(H,38,39,40). The predicted octanol–water partition coefficient (Wildman–Crippen LogP) is 7.11. The summed E-state index contributed by atoms with van der Waals surface area (Å²) in [6.45, 7) is 2.59. The Morgan fingerprint density at radius 2 is 1.64 bits per heavy atom. The summed E-state index contributed by atoms with van der Waals surface area (Å²) < 4.78 is 80.3. The molecule has 42 heavy (non-hydrogen) atoms. The Balaban J connectivity index is 1.47. The van der Waals surface area contributed by atoms with E-state index in [4.69, 9.17) is 0 Å². The molecule has 222 valence electrons. The number of alkyl halides is 6. The zero-order valence-electron chi connectivity index (χ0n) is 22.5. The van der Waals surface area contributed by atoms with Crippen molar-refractivity contribution < 1.29 is 31.4 Å². The molecule has 0 unspecified atom stereocenters. The van der Waals surface area contributed by atoms with Gasteiger partial charge in [0.15, 0.2) is 0 Å². The number of aliphatic hydroxyl groups excluding tert-OH is 1. The SMILES string of the molecule is OCCC1CCN(CCc2nc(Nc3ccc(C(F)(F)F)cc3)c3ccc(-c4ncccc4C(F)(F)F)cc3n2)CC1. The minimum atomic E-state index is -4.60. The molecule has 1 saturated heterocycles. The van der Waals surface area contributed by atoms with Crippen molar-refractivity contribution in [2.45, 2.75) is 38.0 Å². The van der Waals surface area contributed by atoms with E-state index in [-0.39, 0.29) is 17.9 Å². The highest BCUT2D eigenvalue weighted by Gasteiger charge is 2.34. The first kappa shape index (κ1) is 29.7. The molecule has 0 aliphatic carbocycles. The molecule has 1 aliphatic rings. The van der Waals surface area contributed by atoms with Gasteiger partial charge in [-0.3, -0.25) is 4.98 Å². The van der Waals surface area contributed by atoms with Crippen LogP contribution in [0.15, 0.2) is 60.8 Å². The van der Waals surface area contributed by atoms with Gasteiger partial charge in [-0.2, -0.15) is 26.3 Å². The maximum atomic E-state index is 13.7. The first-order valence-corrected chi connectivity index (χ1v) is 13.6. The Morgan fingerprint density at radius 1 is 0.905 bits per heavy atom. The number of fused-ring (bicyclic) bond motifs is 1. The fourth-order valence-electron chi connectivity index (χ4n) is 5.21. The smallest absolute Gasteiger partial charge is 0.396 e. The zero-order valence-corrected chi connectivity index (χ0v) is 22.5. The highest BCUT2D eigenvalue weighted by molar-refractivity contribution is 5.93. The number of nitrogens with one attached hydrogen (secondary N) is 1. The van der Waals surface area contributed by atoms with Crippen molar-refractivity contribution in [3.8, 4) is 11.3 Å². The van der Waals surface area contributed by atoms with Crippen molar-refractivity contribution in [3.63, 3.8) is 0 Å². The summed E-state index contributed by atoms with van der Waals surface area (Å²) in [6.07, 6.45) is -4.57. The summed E-state index contributed by atoms with van der Waals surface area (Å²) in [5, 5.41) is 12.8. The monoisotopic (exact) mass is 589 g/mol. The molecule has 0 bridgehead atoms. The molecule has 12 heteroatoms. The molecule has 2 aromatic carbocycles. The normalized spacial score (nSPS) is 15.3. The van der Waals surface area contributed by atoms with Crippen molar-refractivity contribution in [2.24, 2.45) is 5.92 Å². The lowest BCUT2D eigenvalue weighted by Gasteiger charge is -2.31. The van der Waals surface area contributed by atoms with Crippen molar-refractivity contribution >= 4 is 22.4 Å². The molecule has 1 aliphatic heterocycles. The highest BCUT2D eigenvalue weighted by atomic mass is 19.4. The molecule has 1 fully saturated rings. The summed E-state index contributed by atoms with van der Waals surface area (Å²) in [4.78, 5) is 15.6. The maximum absolute atomic E-state index is 13.7. The van der Waals surface area contributed by atoms with Crippen LogP contribution >= 0.6 is 0 Å². The van der Waals surface area contributed by atoms with Gasteiger partial charge in [0.25, 0.3) is 0 Å². The molecule has 2 aromatic heterocycles. The van der Waals surface area contributed by atoms with E-state index in [2.05, 4.69) is 25.2 Å². The number of aromatic nitrogens is 3. The van der Waals surface area contributed by atoms with Crippen molar-refractivity contribution in [2.75, 3.05) is 31.6 Å². The number of likely N-dealkylation sites (tertiary alicyclic amines) is 1. The zero-order chi connectivity index (χ0) is 29.9. The second-order valence-electron chi connectivity index (χ2n) is 10.4. The average molecular weight is 590 g/mol. The molecular weight excluding hydrogens is 560 g/mol. The quantitative estimate of drug-likeness (QED) is 0.214. The first-order chi connectivity index (χ1) is 20.0. The van der Waals surface area contributed by atoms with Gasteiger partial charge in [-0.1, -0.05) is 6.07 Å². The fraction of sp³-hybridized carbons (Fsp3) is 0.367. The molecule has 2 N–H and O–H groups in total. The van der Waals surface area contributed by atoms with Gasteiger partial charge in [-0.15, -0.1) is 0 Å². The highest BCUT2D eigenvalue weighted by Crippen LogP contribution is 2.37. The third kappa shape index (κ3) is 6.99. The van der Waals surface area contributed by atoms with Crippen molar-refractivity contribution in [3.05, 3.63) is 77.7 Å². The summed E-state index contributed by atoms with van der Waals surface area (Å²) in [5.74, 6) is 1.28. The largest absolute Gasteiger partial charge is 0.418 e. The van der Waals surface area contributed by atoms with Gasteiger partial charge >= 0.3 is 12.4 Å². The average Bonchev–Trinajstić information content (AvgIpc) is 2.96. The minimum Gasteiger partial charge on any atom is -0.396 e. The lowest BCUT2D eigenvalue weighted by molar-refractivity contribution is -0.138.